The molecule has 106 valence electrons. The number of nitrogens with zero attached hydrogens (tertiary/aromatic N) is 1. The number of nitrogens with two attached hydrogens (primary N) is 1. The molecule has 0 amide bonds. The van der Waals surface area contributed by atoms with Gasteiger partial charge < -0.3 is 15.4 Å². The largest absolute Gasteiger partial charge is 0.497 e. The topological polar surface area (TPSA) is 38.5 Å². The summed E-state index contributed by atoms with van der Waals surface area (Å²) in [5.41, 5.74) is 7.60. The first-order valence-electron chi connectivity index (χ1n) is 6.47. The molecular weight excluding hydrogens is 255 g/mol. The second-order valence-corrected chi connectivity index (χ2v) is 4.71. The van der Waals surface area contributed by atoms with Crippen LogP contribution in [0.5, 0.6) is 5.75 Å². The van der Waals surface area contributed by atoms with E-state index in [1.54, 1.807) is 25.3 Å². The van der Waals surface area contributed by atoms with Gasteiger partial charge in [0.1, 0.15) is 11.6 Å². The summed E-state index contributed by atoms with van der Waals surface area (Å²) in [4.78, 5) is 1.99. The molecule has 0 spiro atoms. The normalized spacial score (nSPS) is 12.0. The Morgan fingerprint density at radius 1 is 1.20 bits per heavy atom. The molecular formula is C16H19FN2O. The number of benzene rings is 2. The smallest absolute Gasteiger partial charge is 0.128 e. The SMILES string of the molecule is COc1cccc(N(C)CC(N)c2ccccc2F)c1. The molecule has 0 aliphatic heterocycles. The van der Waals surface area contributed by atoms with Crippen molar-refractivity contribution in [2.45, 2.75) is 6.04 Å². The Morgan fingerprint density at radius 2 is 1.95 bits per heavy atom. The van der Waals surface area contributed by atoms with Crippen molar-refractivity contribution in [1.82, 2.24) is 0 Å². The first-order valence-corrected chi connectivity index (χ1v) is 6.47. The second-order valence-electron chi connectivity index (χ2n) is 4.71. The van der Waals surface area contributed by atoms with Crippen LogP contribution in [0.1, 0.15) is 11.6 Å². The summed E-state index contributed by atoms with van der Waals surface area (Å²) in [7, 11) is 3.56. The van der Waals surface area contributed by atoms with Gasteiger partial charge in [0, 0.05) is 30.9 Å². The molecule has 0 fully saturated rings. The van der Waals surface area contributed by atoms with Crippen LogP contribution in [0.4, 0.5) is 10.1 Å². The van der Waals surface area contributed by atoms with E-state index >= 15 is 0 Å². The Hall–Kier alpha value is -2.07. The van der Waals surface area contributed by atoms with E-state index in [0.29, 0.717) is 12.1 Å². The van der Waals surface area contributed by atoms with Crippen molar-refractivity contribution in [1.29, 1.82) is 0 Å². The number of likely N-dealkylation sites (N-methyl/N-ethyl adjacent to an activating group) is 1. The molecule has 1 unspecified atom stereocenters. The molecule has 2 N–H and O–H groups in total. The van der Waals surface area contributed by atoms with Crippen LogP contribution in [-0.2, 0) is 0 Å². The van der Waals surface area contributed by atoms with E-state index in [9.17, 15) is 4.39 Å². The molecule has 1 atom stereocenters. The average Bonchev–Trinajstić information content (AvgIpc) is 2.47. The van der Waals surface area contributed by atoms with Crippen molar-refractivity contribution < 1.29 is 9.13 Å². The molecule has 2 rings (SSSR count). The minimum Gasteiger partial charge on any atom is -0.497 e. The first-order chi connectivity index (χ1) is 9.61. The van der Waals surface area contributed by atoms with E-state index in [-0.39, 0.29) is 11.9 Å². The predicted octanol–water partition coefficient (Wildman–Crippen LogP) is 2.97. The van der Waals surface area contributed by atoms with Gasteiger partial charge in [0.2, 0.25) is 0 Å². The van der Waals surface area contributed by atoms with E-state index in [0.717, 1.165) is 11.4 Å². The molecule has 0 heterocycles. The summed E-state index contributed by atoms with van der Waals surface area (Å²) < 4.78 is 18.9. The van der Waals surface area contributed by atoms with Gasteiger partial charge in [0.25, 0.3) is 0 Å². The maximum atomic E-state index is 13.7. The molecule has 2 aromatic carbocycles. The van der Waals surface area contributed by atoms with Gasteiger partial charge in [-0.1, -0.05) is 24.3 Å². The van der Waals surface area contributed by atoms with Crippen molar-refractivity contribution in [3.05, 3.63) is 59.9 Å². The molecule has 4 heteroatoms. The fourth-order valence-corrected chi connectivity index (χ4v) is 2.12. The van der Waals surface area contributed by atoms with Crippen molar-refractivity contribution in [2.24, 2.45) is 5.73 Å². The summed E-state index contributed by atoms with van der Waals surface area (Å²) in [6.45, 7) is 0.522. The summed E-state index contributed by atoms with van der Waals surface area (Å²) in [6.07, 6.45) is 0. The fourth-order valence-electron chi connectivity index (χ4n) is 2.12. The van der Waals surface area contributed by atoms with Crippen LogP contribution in [0.3, 0.4) is 0 Å². The molecule has 0 aliphatic rings. The van der Waals surface area contributed by atoms with Gasteiger partial charge in [-0.05, 0) is 18.2 Å². The molecule has 0 saturated carbocycles. The minimum absolute atomic E-state index is 0.265. The number of halogens is 1. The van der Waals surface area contributed by atoms with Gasteiger partial charge in [-0.2, -0.15) is 0 Å². The Morgan fingerprint density at radius 3 is 2.65 bits per heavy atom. The van der Waals surface area contributed by atoms with E-state index in [2.05, 4.69) is 0 Å². The minimum atomic E-state index is -0.382. The maximum Gasteiger partial charge on any atom is 0.128 e. The van der Waals surface area contributed by atoms with Gasteiger partial charge in [0.15, 0.2) is 0 Å². The summed E-state index contributed by atoms with van der Waals surface area (Å²) in [5, 5.41) is 0. The second kappa shape index (κ2) is 6.39. The van der Waals surface area contributed by atoms with Gasteiger partial charge in [-0.15, -0.1) is 0 Å². The van der Waals surface area contributed by atoms with Gasteiger partial charge in [-0.3, -0.25) is 0 Å². The van der Waals surface area contributed by atoms with E-state index in [4.69, 9.17) is 10.5 Å². The molecule has 0 bridgehead atoms. The quantitative estimate of drug-likeness (QED) is 0.911. The van der Waals surface area contributed by atoms with Crippen LogP contribution in [-0.4, -0.2) is 20.7 Å². The summed E-state index contributed by atoms with van der Waals surface area (Å²) in [5.74, 6) is 0.521. The van der Waals surface area contributed by atoms with E-state index < -0.39 is 0 Å². The zero-order valence-corrected chi connectivity index (χ0v) is 11.7. The number of hydrogen-bond acceptors (Lipinski definition) is 3. The number of rotatable bonds is 5. The van der Waals surface area contributed by atoms with Crippen molar-refractivity contribution in [3.8, 4) is 5.75 Å². The maximum absolute atomic E-state index is 13.7. The van der Waals surface area contributed by atoms with Crippen LogP contribution in [0.15, 0.2) is 48.5 Å². The number of anilines is 1. The Balaban J connectivity index is 2.11. The lowest BCUT2D eigenvalue weighted by Gasteiger charge is -2.24. The predicted molar refractivity (Wildman–Crippen MR) is 79.6 cm³/mol. The van der Waals surface area contributed by atoms with E-state index in [1.165, 1.54) is 6.07 Å². The molecule has 0 saturated heterocycles. The Bertz CT molecular complexity index is 574. The third-order valence-electron chi connectivity index (χ3n) is 3.27. The highest BCUT2D eigenvalue weighted by molar-refractivity contribution is 5.50. The lowest BCUT2D eigenvalue weighted by atomic mass is 10.1. The molecule has 20 heavy (non-hydrogen) atoms. The highest BCUT2D eigenvalue weighted by Crippen LogP contribution is 2.22. The standard InChI is InChI=1S/C16H19FN2O/c1-19(12-6-5-7-13(10-12)20-2)11-16(18)14-8-3-4-9-15(14)17/h3-10,16H,11,18H2,1-2H3. The van der Waals surface area contributed by atoms with E-state index in [1.807, 2.05) is 36.2 Å². The molecule has 3 nitrogen and oxygen atoms in total. The summed E-state index contributed by atoms with van der Waals surface area (Å²) >= 11 is 0. The highest BCUT2D eigenvalue weighted by Gasteiger charge is 2.13. The third-order valence-corrected chi connectivity index (χ3v) is 3.27. The van der Waals surface area contributed by atoms with Crippen LogP contribution < -0.4 is 15.4 Å². The number of hydrogen-bond donors (Lipinski definition) is 1. The van der Waals surface area contributed by atoms with Crippen LogP contribution in [0.2, 0.25) is 0 Å². The van der Waals surface area contributed by atoms with Crippen molar-refractivity contribution >= 4 is 5.69 Å². The van der Waals surface area contributed by atoms with Gasteiger partial charge in [0.05, 0.1) is 13.2 Å². The lowest BCUT2D eigenvalue weighted by molar-refractivity contribution is 0.415. The van der Waals surface area contributed by atoms with Crippen LogP contribution in [0, 0.1) is 5.82 Å². The third kappa shape index (κ3) is 3.27. The lowest BCUT2D eigenvalue weighted by Crippen LogP contribution is -2.29. The highest BCUT2D eigenvalue weighted by atomic mass is 19.1. The monoisotopic (exact) mass is 274 g/mol. The Kier molecular flexibility index (Phi) is 4.58. The molecule has 0 radical (unpaired) electrons. The fraction of sp³-hybridized carbons (Fsp3) is 0.250. The molecule has 2 aromatic rings. The Labute approximate surface area is 118 Å². The van der Waals surface area contributed by atoms with Gasteiger partial charge in [-0.25, -0.2) is 4.39 Å². The zero-order valence-electron chi connectivity index (χ0n) is 11.7. The number of ether oxygens (including phenoxy) is 1. The number of methoxy groups -OCH3 is 1. The van der Waals surface area contributed by atoms with Crippen LogP contribution in [0.25, 0.3) is 0 Å². The molecule has 0 aromatic heterocycles. The molecule has 0 aliphatic carbocycles. The zero-order chi connectivity index (χ0) is 14.5. The summed E-state index contributed by atoms with van der Waals surface area (Å²) in [6, 6.07) is 13.9. The van der Waals surface area contributed by atoms with Gasteiger partial charge >= 0.3 is 0 Å². The van der Waals surface area contributed by atoms with Crippen molar-refractivity contribution in [2.75, 3.05) is 25.6 Å². The first kappa shape index (κ1) is 14.3. The average molecular weight is 274 g/mol. The van der Waals surface area contributed by atoms with Crippen LogP contribution >= 0.6 is 0 Å². The van der Waals surface area contributed by atoms with Crippen molar-refractivity contribution in [3.63, 3.8) is 0 Å².